The van der Waals surface area contributed by atoms with Crippen molar-refractivity contribution in [3.8, 4) is 0 Å². The van der Waals surface area contributed by atoms with Crippen LogP contribution in [0.1, 0.15) is 65.2 Å². The molecule has 0 aromatic rings. The number of carbonyl (C=O) groups is 6. The fraction of sp³-hybridized carbons (Fsp3) is 0.727. The largest absolute Gasteiger partial charge is 0.369 e. The number of carbonyl (C=O) groups excluding carboxylic acids is 6. The smallest absolute Gasteiger partial charge is 0.245 e. The molecule has 4 unspecified atom stereocenters. The molecule has 2 aliphatic carbocycles. The third-order valence-corrected chi connectivity index (χ3v) is 7.08. The molecule has 12 heteroatoms. The van der Waals surface area contributed by atoms with Crippen molar-refractivity contribution in [3.05, 3.63) is 0 Å². The maximum absolute atomic E-state index is 13.1. The summed E-state index contributed by atoms with van der Waals surface area (Å²) in [5.74, 6) is -7.50. The summed E-state index contributed by atoms with van der Waals surface area (Å²) in [7, 11) is 0. The van der Waals surface area contributed by atoms with Gasteiger partial charge in [0.1, 0.15) is 0 Å². The fourth-order valence-electron chi connectivity index (χ4n) is 5.07. The summed E-state index contributed by atoms with van der Waals surface area (Å²) < 4.78 is 0. The van der Waals surface area contributed by atoms with Gasteiger partial charge in [0.2, 0.25) is 40.9 Å². The van der Waals surface area contributed by atoms with Crippen LogP contribution in [0.4, 0.5) is 0 Å². The van der Waals surface area contributed by atoms with Crippen LogP contribution in [0.3, 0.4) is 0 Å². The predicted molar refractivity (Wildman–Crippen MR) is 123 cm³/mol. The van der Waals surface area contributed by atoms with Gasteiger partial charge >= 0.3 is 0 Å². The van der Waals surface area contributed by atoms with Crippen molar-refractivity contribution in [3.63, 3.8) is 0 Å². The Morgan fingerprint density at radius 3 is 1.44 bits per heavy atom. The van der Waals surface area contributed by atoms with Crippen molar-refractivity contribution in [1.82, 2.24) is 5.32 Å². The van der Waals surface area contributed by atoms with Gasteiger partial charge in [-0.05, 0) is 37.0 Å². The molecule has 0 spiro atoms. The summed E-state index contributed by atoms with van der Waals surface area (Å²) in [4.78, 5) is 68.4. The van der Waals surface area contributed by atoms with Crippen LogP contribution >= 0.6 is 0 Å². The van der Waals surface area contributed by atoms with E-state index in [1.165, 1.54) is 0 Å². The van der Waals surface area contributed by atoms with Crippen LogP contribution in [0.15, 0.2) is 0 Å². The number of nitrogens with one attached hydrogen (secondary N) is 1. The van der Waals surface area contributed by atoms with Crippen LogP contribution in [0.25, 0.3) is 0 Å². The lowest BCUT2D eigenvalue weighted by Gasteiger charge is -2.41. The Morgan fingerprint density at radius 2 is 1.09 bits per heavy atom. The van der Waals surface area contributed by atoms with E-state index in [-0.39, 0.29) is 12.0 Å². The predicted octanol–water partition coefficient (Wildman–Crippen LogP) is -1.48. The van der Waals surface area contributed by atoms with Crippen molar-refractivity contribution in [1.29, 1.82) is 0 Å². The quantitative estimate of drug-likeness (QED) is 0.225. The zero-order valence-electron chi connectivity index (χ0n) is 19.9. The van der Waals surface area contributed by atoms with Gasteiger partial charge in [-0.2, -0.15) is 0 Å². The summed E-state index contributed by atoms with van der Waals surface area (Å²) in [6.07, 6.45) is 7.49. The molecule has 4 atom stereocenters. The maximum atomic E-state index is 13.1. The standard InChI is InChI=1S/C18H31N3O3.C4H7N3O3/c1-11-7-3-5-9-13(11)18(15(19)22,16(20)23)17(24)21-14-10-6-4-8-12(14)2;5-2(8)1(3(6)9)4(7)10/h11-14H,3-10H2,1-2H3,(H2,19,22)(H2,20,23)(H,21,24);1H,(H2,5,8)(H2,6,9)(H2,7,10). The molecule has 2 rings (SSSR count). The van der Waals surface area contributed by atoms with Crippen molar-refractivity contribution >= 4 is 35.4 Å². The van der Waals surface area contributed by atoms with Gasteiger partial charge in [-0.25, -0.2) is 0 Å². The molecule has 12 nitrogen and oxygen atoms in total. The minimum Gasteiger partial charge on any atom is -0.369 e. The number of hydrogen-bond acceptors (Lipinski definition) is 6. The average Bonchev–Trinajstić information content (AvgIpc) is 2.70. The first kappa shape index (κ1) is 28.9. The zero-order chi connectivity index (χ0) is 26.2. The Hall–Kier alpha value is -3.18. The number of primary amides is 5. The van der Waals surface area contributed by atoms with E-state index in [0.717, 1.165) is 44.9 Å². The lowest BCUT2D eigenvalue weighted by molar-refractivity contribution is -0.157. The SMILES string of the molecule is CC1CCCCC1NC(=O)C(C(N)=O)(C(N)=O)C1CCCCC1C.NC(=O)C(C(N)=O)C(N)=O. The van der Waals surface area contributed by atoms with Crippen molar-refractivity contribution < 1.29 is 28.8 Å². The molecular weight excluding hydrogens is 444 g/mol. The second-order valence-corrected chi connectivity index (χ2v) is 9.39. The highest BCUT2D eigenvalue weighted by molar-refractivity contribution is 6.22. The molecule has 0 saturated heterocycles. The highest BCUT2D eigenvalue weighted by atomic mass is 16.2. The minimum absolute atomic E-state index is 0.0248. The van der Waals surface area contributed by atoms with Crippen LogP contribution in [0.5, 0.6) is 0 Å². The normalized spacial score (nSPS) is 24.8. The summed E-state index contributed by atoms with van der Waals surface area (Å²) >= 11 is 0. The van der Waals surface area contributed by atoms with E-state index >= 15 is 0 Å². The first-order chi connectivity index (χ1) is 15.8. The molecule has 0 aromatic heterocycles. The molecule has 0 bridgehead atoms. The van der Waals surface area contributed by atoms with E-state index in [9.17, 15) is 28.8 Å². The number of amides is 6. The zero-order valence-corrected chi connectivity index (χ0v) is 19.9. The molecule has 0 aromatic carbocycles. The monoisotopic (exact) mass is 482 g/mol. The van der Waals surface area contributed by atoms with Gasteiger partial charge in [0.05, 0.1) is 0 Å². The molecule has 192 valence electrons. The second-order valence-electron chi connectivity index (χ2n) is 9.39. The Kier molecular flexibility index (Phi) is 10.5. The molecule has 0 heterocycles. The molecule has 2 fully saturated rings. The number of hydrogen-bond donors (Lipinski definition) is 6. The molecule has 2 aliphatic rings. The van der Waals surface area contributed by atoms with E-state index < -0.39 is 52.7 Å². The molecule has 34 heavy (non-hydrogen) atoms. The van der Waals surface area contributed by atoms with E-state index in [2.05, 4.69) is 29.4 Å². The Bertz CT molecular complexity index is 768. The highest BCUT2D eigenvalue weighted by Crippen LogP contribution is 2.43. The summed E-state index contributed by atoms with van der Waals surface area (Å²) in [5.41, 5.74) is 23.1. The van der Waals surface area contributed by atoms with Gasteiger partial charge in [-0.1, -0.05) is 46.0 Å². The summed E-state index contributed by atoms with van der Waals surface area (Å²) in [5, 5.41) is 2.95. The van der Waals surface area contributed by atoms with Crippen molar-refractivity contribution in [2.45, 2.75) is 71.3 Å². The molecule has 0 aliphatic heterocycles. The third kappa shape index (κ3) is 6.45. The Morgan fingerprint density at radius 1 is 0.676 bits per heavy atom. The first-order valence-corrected chi connectivity index (χ1v) is 11.6. The lowest BCUT2D eigenvalue weighted by Crippen LogP contribution is -2.64. The van der Waals surface area contributed by atoms with Crippen LogP contribution < -0.4 is 34.0 Å². The molecule has 2 saturated carbocycles. The van der Waals surface area contributed by atoms with E-state index in [4.69, 9.17) is 11.5 Å². The van der Waals surface area contributed by atoms with Gasteiger partial charge < -0.3 is 34.0 Å². The van der Waals surface area contributed by atoms with Crippen LogP contribution in [-0.2, 0) is 28.8 Å². The minimum atomic E-state index is -1.93. The van der Waals surface area contributed by atoms with Gasteiger partial charge in [0.25, 0.3) is 0 Å². The van der Waals surface area contributed by atoms with E-state index in [1.54, 1.807) is 0 Å². The van der Waals surface area contributed by atoms with Gasteiger partial charge in [0.15, 0.2) is 5.92 Å². The topological polar surface area (TPSA) is 245 Å². The molecular formula is C22H38N6O6. The molecule has 11 N–H and O–H groups in total. The maximum Gasteiger partial charge on any atom is 0.245 e. The number of rotatable bonds is 8. The number of nitrogens with two attached hydrogens (primary N) is 5. The molecule has 0 radical (unpaired) electrons. The van der Waals surface area contributed by atoms with Crippen LogP contribution in [0.2, 0.25) is 0 Å². The summed E-state index contributed by atoms with van der Waals surface area (Å²) in [6.45, 7) is 4.06. The van der Waals surface area contributed by atoms with E-state index in [0.29, 0.717) is 12.3 Å². The third-order valence-electron chi connectivity index (χ3n) is 7.08. The second kappa shape index (κ2) is 12.3. The average molecular weight is 483 g/mol. The lowest BCUT2D eigenvalue weighted by atomic mass is 9.62. The molecule has 6 amide bonds. The van der Waals surface area contributed by atoms with E-state index in [1.807, 2.05) is 6.92 Å². The van der Waals surface area contributed by atoms with Crippen molar-refractivity contribution in [2.75, 3.05) is 0 Å². The fourth-order valence-corrected chi connectivity index (χ4v) is 5.07. The summed E-state index contributed by atoms with van der Waals surface area (Å²) in [6, 6.07) is -0.0248. The first-order valence-electron chi connectivity index (χ1n) is 11.6. The Labute approximate surface area is 199 Å². The van der Waals surface area contributed by atoms with Gasteiger partial charge in [0, 0.05) is 6.04 Å². The highest BCUT2D eigenvalue weighted by Gasteiger charge is 2.58. The van der Waals surface area contributed by atoms with Crippen LogP contribution in [-0.4, -0.2) is 41.5 Å². The Balaban J connectivity index is 0.000000489. The van der Waals surface area contributed by atoms with Gasteiger partial charge in [-0.15, -0.1) is 0 Å². The van der Waals surface area contributed by atoms with Crippen LogP contribution in [0, 0.1) is 29.1 Å². The van der Waals surface area contributed by atoms with Gasteiger partial charge in [-0.3, -0.25) is 28.8 Å². The van der Waals surface area contributed by atoms with Crippen molar-refractivity contribution in [2.24, 2.45) is 57.8 Å².